The van der Waals surface area contributed by atoms with Crippen molar-refractivity contribution in [1.29, 1.82) is 0 Å². The number of anilines is 1. The predicted molar refractivity (Wildman–Crippen MR) is 109 cm³/mol. The Morgan fingerprint density at radius 1 is 1.22 bits per heavy atom. The first-order valence-corrected chi connectivity index (χ1v) is 9.75. The number of nitrogens with one attached hydrogen (secondary N) is 2. The summed E-state index contributed by atoms with van der Waals surface area (Å²) >= 11 is 6.10. The zero-order valence-corrected chi connectivity index (χ0v) is 17.3. The van der Waals surface area contributed by atoms with Gasteiger partial charge in [-0.05, 0) is 64.5 Å². The molecule has 0 atom stereocenters. The van der Waals surface area contributed by atoms with Gasteiger partial charge in [0.15, 0.2) is 0 Å². The summed E-state index contributed by atoms with van der Waals surface area (Å²) in [5.41, 5.74) is 1.50. The van der Waals surface area contributed by atoms with Crippen LogP contribution < -0.4 is 15.4 Å². The van der Waals surface area contributed by atoms with E-state index in [0.717, 1.165) is 24.8 Å². The SMILES string of the molecule is COc1cc(Cl)c(C)cc1NC(=O)C(C)(C)C(=O)NCCC1=CCCCC1. The maximum Gasteiger partial charge on any atom is 0.239 e. The van der Waals surface area contributed by atoms with Gasteiger partial charge in [0.2, 0.25) is 11.8 Å². The van der Waals surface area contributed by atoms with E-state index in [0.29, 0.717) is 23.0 Å². The number of amides is 2. The number of halogens is 1. The van der Waals surface area contributed by atoms with E-state index in [1.165, 1.54) is 25.5 Å². The number of aryl methyl sites for hydroxylation is 1. The largest absolute Gasteiger partial charge is 0.495 e. The quantitative estimate of drug-likeness (QED) is 0.525. The molecule has 0 aliphatic heterocycles. The summed E-state index contributed by atoms with van der Waals surface area (Å²) in [6.07, 6.45) is 7.80. The molecule has 0 saturated carbocycles. The Labute approximate surface area is 166 Å². The summed E-state index contributed by atoms with van der Waals surface area (Å²) in [5.74, 6) is -0.225. The molecule has 2 N–H and O–H groups in total. The molecular weight excluding hydrogens is 364 g/mol. The highest BCUT2D eigenvalue weighted by Gasteiger charge is 2.36. The molecule has 2 amide bonds. The molecule has 0 radical (unpaired) electrons. The fraction of sp³-hybridized carbons (Fsp3) is 0.524. The average molecular weight is 393 g/mol. The normalized spacial score (nSPS) is 14.3. The van der Waals surface area contributed by atoms with Crippen LogP contribution in [0, 0.1) is 12.3 Å². The molecule has 1 aliphatic rings. The van der Waals surface area contributed by atoms with E-state index in [1.807, 2.05) is 6.92 Å². The smallest absolute Gasteiger partial charge is 0.239 e. The van der Waals surface area contributed by atoms with E-state index in [4.69, 9.17) is 16.3 Å². The maximum atomic E-state index is 12.7. The highest BCUT2D eigenvalue weighted by Crippen LogP contribution is 2.32. The number of methoxy groups -OCH3 is 1. The number of hydrogen-bond acceptors (Lipinski definition) is 3. The zero-order chi connectivity index (χ0) is 20.0. The van der Waals surface area contributed by atoms with E-state index >= 15 is 0 Å². The Balaban J connectivity index is 1.98. The van der Waals surface area contributed by atoms with Gasteiger partial charge in [0.1, 0.15) is 11.2 Å². The van der Waals surface area contributed by atoms with Gasteiger partial charge in [0.25, 0.3) is 0 Å². The van der Waals surface area contributed by atoms with Crippen molar-refractivity contribution in [2.75, 3.05) is 19.0 Å². The number of hydrogen-bond donors (Lipinski definition) is 2. The van der Waals surface area contributed by atoms with Crippen molar-refractivity contribution >= 4 is 29.1 Å². The average Bonchev–Trinajstić information content (AvgIpc) is 2.65. The van der Waals surface area contributed by atoms with Crippen molar-refractivity contribution in [3.05, 3.63) is 34.4 Å². The molecule has 1 aliphatic carbocycles. The number of rotatable bonds is 7. The second-order valence-electron chi connectivity index (χ2n) is 7.49. The third kappa shape index (κ3) is 5.48. The highest BCUT2D eigenvalue weighted by molar-refractivity contribution is 6.31. The molecule has 27 heavy (non-hydrogen) atoms. The Morgan fingerprint density at radius 2 is 1.96 bits per heavy atom. The van der Waals surface area contributed by atoms with Crippen LogP contribution in [0.3, 0.4) is 0 Å². The molecule has 0 spiro atoms. The lowest BCUT2D eigenvalue weighted by atomic mass is 9.90. The topological polar surface area (TPSA) is 67.4 Å². The summed E-state index contributed by atoms with van der Waals surface area (Å²) in [5, 5.41) is 6.24. The summed E-state index contributed by atoms with van der Waals surface area (Å²) < 4.78 is 5.28. The molecule has 0 aromatic heterocycles. The van der Waals surface area contributed by atoms with Crippen molar-refractivity contribution in [1.82, 2.24) is 5.32 Å². The second-order valence-corrected chi connectivity index (χ2v) is 7.90. The zero-order valence-electron chi connectivity index (χ0n) is 16.6. The predicted octanol–water partition coefficient (Wildman–Crippen LogP) is 4.63. The Bertz CT molecular complexity index is 741. The minimum absolute atomic E-state index is 0.291. The first kappa shape index (κ1) is 21.3. The van der Waals surface area contributed by atoms with Crippen LogP contribution in [0.1, 0.15) is 51.5 Å². The van der Waals surface area contributed by atoms with Crippen LogP contribution >= 0.6 is 11.6 Å². The minimum atomic E-state index is -1.21. The molecule has 0 bridgehead atoms. The summed E-state index contributed by atoms with van der Waals surface area (Å²) in [4.78, 5) is 25.3. The number of ether oxygens (including phenoxy) is 1. The molecule has 1 aromatic carbocycles. The van der Waals surface area contributed by atoms with Gasteiger partial charge in [-0.1, -0.05) is 23.3 Å². The molecule has 2 rings (SSSR count). The molecule has 6 heteroatoms. The van der Waals surface area contributed by atoms with Crippen molar-refractivity contribution < 1.29 is 14.3 Å². The second kappa shape index (κ2) is 9.27. The summed E-state index contributed by atoms with van der Waals surface area (Å²) in [6.45, 7) is 5.62. The van der Waals surface area contributed by atoms with Crippen LogP contribution in [-0.4, -0.2) is 25.5 Å². The third-order valence-corrected chi connectivity index (χ3v) is 5.39. The first-order valence-electron chi connectivity index (χ1n) is 9.37. The summed E-state index contributed by atoms with van der Waals surface area (Å²) in [6, 6.07) is 3.39. The van der Waals surface area contributed by atoms with E-state index in [9.17, 15) is 9.59 Å². The number of allylic oxidation sites excluding steroid dienone is 1. The fourth-order valence-corrected chi connectivity index (χ4v) is 3.15. The Hall–Kier alpha value is -2.01. The van der Waals surface area contributed by atoms with Gasteiger partial charge in [-0.15, -0.1) is 0 Å². The fourth-order valence-electron chi connectivity index (χ4n) is 3.00. The Morgan fingerprint density at radius 3 is 2.59 bits per heavy atom. The van der Waals surface area contributed by atoms with Crippen LogP contribution in [0.25, 0.3) is 0 Å². The number of benzene rings is 1. The van der Waals surface area contributed by atoms with Crippen molar-refractivity contribution in [3.8, 4) is 5.75 Å². The standard InChI is InChI=1S/C21H29ClN2O3/c1-14-12-17(18(27-4)13-16(14)22)24-20(26)21(2,3)19(25)23-11-10-15-8-6-5-7-9-15/h8,12-13H,5-7,9-11H2,1-4H3,(H,23,25)(H,24,26). The van der Waals surface area contributed by atoms with Gasteiger partial charge in [0.05, 0.1) is 12.8 Å². The van der Waals surface area contributed by atoms with E-state index in [2.05, 4.69) is 16.7 Å². The molecule has 0 saturated heterocycles. The van der Waals surface area contributed by atoms with Crippen LogP contribution in [0.5, 0.6) is 5.75 Å². The van der Waals surface area contributed by atoms with Gasteiger partial charge in [-0.25, -0.2) is 0 Å². The monoisotopic (exact) mass is 392 g/mol. The molecule has 1 aromatic rings. The van der Waals surface area contributed by atoms with Gasteiger partial charge in [-0.2, -0.15) is 0 Å². The molecule has 148 valence electrons. The lowest BCUT2D eigenvalue weighted by Crippen LogP contribution is -2.45. The van der Waals surface area contributed by atoms with Gasteiger partial charge >= 0.3 is 0 Å². The van der Waals surface area contributed by atoms with Crippen molar-refractivity contribution in [2.24, 2.45) is 5.41 Å². The molecule has 0 heterocycles. The van der Waals surface area contributed by atoms with E-state index in [1.54, 1.807) is 26.0 Å². The molecule has 5 nitrogen and oxygen atoms in total. The molecule has 0 fully saturated rings. The van der Waals surface area contributed by atoms with E-state index < -0.39 is 11.3 Å². The highest BCUT2D eigenvalue weighted by atomic mass is 35.5. The van der Waals surface area contributed by atoms with Crippen LogP contribution in [-0.2, 0) is 9.59 Å². The van der Waals surface area contributed by atoms with Crippen LogP contribution in [0.15, 0.2) is 23.8 Å². The van der Waals surface area contributed by atoms with Crippen LogP contribution in [0.2, 0.25) is 5.02 Å². The number of carbonyl (C=O) groups excluding carboxylic acids is 2. The van der Waals surface area contributed by atoms with Crippen LogP contribution in [0.4, 0.5) is 5.69 Å². The molecule has 0 unspecified atom stereocenters. The van der Waals surface area contributed by atoms with Crippen molar-refractivity contribution in [2.45, 2.75) is 52.9 Å². The molecular formula is C21H29ClN2O3. The van der Waals surface area contributed by atoms with Gasteiger partial charge in [0, 0.05) is 17.6 Å². The first-order chi connectivity index (χ1) is 12.8. The Kier molecular flexibility index (Phi) is 7.31. The lowest BCUT2D eigenvalue weighted by Gasteiger charge is -2.24. The number of carbonyl (C=O) groups is 2. The van der Waals surface area contributed by atoms with Crippen molar-refractivity contribution in [3.63, 3.8) is 0 Å². The minimum Gasteiger partial charge on any atom is -0.495 e. The van der Waals surface area contributed by atoms with E-state index in [-0.39, 0.29) is 5.91 Å². The third-order valence-electron chi connectivity index (χ3n) is 4.98. The van der Waals surface area contributed by atoms with Gasteiger partial charge < -0.3 is 15.4 Å². The maximum absolute atomic E-state index is 12.7. The lowest BCUT2D eigenvalue weighted by molar-refractivity contribution is -0.138. The summed E-state index contributed by atoms with van der Waals surface area (Å²) in [7, 11) is 1.51. The van der Waals surface area contributed by atoms with Gasteiger partial charge in [-0.3, -0.25) is 9.59 Å².